The van der Waals surface area contributed by atoms with E-state index in [-0.39, 0.29) is 17.7 Å². The third kappa shape index (κ3) is 5.37. The van der Waals surface area contributed by atoms with Crippen LogP contribution in [0.1, 0.15) is 30.1 Å². The molecule has 0 aliphatic rings. The third-order valence-corrected chi connectivity index (χ3v) is 5.85. The summed E-state index contributed by atoms with van der Waals surface area (Å²) in [6.45, 7) is 1.88. The predicted octanol–water partition coefficient (Wildman–Crippen LogP) is 5.07. The van der Waals surface area contributed by atoms with E-state index in [2.05, 4.69) is 27.6 Å². The molecular weight excluding hydrogens is 432 g/mol. The molecule has 0 fully saturated rings. The zero-order chi connectivity index (χ0) is 21.6. The van der Waals surface area contributed by atoms with Crippen molar-refractivity contribution in [1.82, 2.24) is 20.1 Å². The Balaban J connectivity index is 1.52. The number of nitrogens with one attached hydrogen (secondary N) is 1. The van der Waals surface area contributed by atoms with Crippen LogP contribution in [0.2, 0.25) is 5.02 Å². The van der Waals surface area contributed by atoms with Crippen molar-refractivity contribution in [2.45, 2.75) is 24.5 Å². The van der Waals surface area contributed by atoms with E-state index in [4.69, 9.17) is 16.0 Å². The lowest BCUT2D eigenvalue weighted by Gasteiger charge is -2.12. The predicted molar refractivity (Wildman–Crippen MR) is 122 cm³/mol. The largest absolute Gasteiger partial charge is 0.467 e. The first-order valence-electron chi connectivity index (χ1n) is 9.80. The van der Waals surface area contributed by atoms with Gasteiger partial charge in [0.05, 0.1) is 18.1 Å². The first kappa shape index (κ1) is 21.2. The van der Waals surface area contributed by atoms with Crippen LogP contribution in [0, 0.1) is 0 Å². The molecule has 2 aromatic carbocycles. The lowest BCUT2D eigenvalue weighted by molar-refractivity contribution is -0.119. The normalized spacial score (nSPS) is 11.9. The van der Waals surface area contributed by atoms with E-state index in [1.807, 2.05) is 60.0 Å². The molecule has 0 saturated carbocycles. The van der Waals surface area contributed by atoms with E-state index in [1.165, 1.54) is 11.8 Å². The standard InChI is InChI=1S/C23H21ClN4O2S/c1-16(20-8-5-13-30-20)25-22(29)15-31-23-27-26-21(14-17-6-3-2-4-7-17)28(23)19-11-9-18(24)10-12-19/h2-13,16H,14-15H2,1H3,(H,25,29). The number of halogens is 1. The van der Waals surface area contributed by atoms with Crippen LogP contribution in [-0.4, -0.2) is 26.4 Å². The number of carbonyl (C=O) groups is 1. The van der Waals surface area contributed by atoms with Gasteiger partial charge in [0, 0.05) is 17.1 Å². The van der Waals surface area contributed by atoms with Crippen LogP contribution in [-0.2, 0) is 11.2 Å². The molecule has 2 aromatic heterocycles. The van der Waals surface area contributed by atoms with Crippen molar-refractivity contribution in [2.75, 3.05) is 5.75 Å². The molecule has 0 bridgehead atoms. The second-order valence-electron chi connectivity index (χ2n) is 6.97. The smallest absolute Gasteiger partial charge is 0.231 e. The summed E-state index contributed by atoms with van der Waals surface area (Å²) in [5, 5.41) is 13.0. The van der Waals surface area contributed by atoms with Crippen molar-refractivity contribution in [1.29, 1.82) is 0 Å². The number of aromatic nitrogens is 3. The van der Waals surface area contributed by atoms with Crippen LogP contribution in [0.15, 0.2) is 82.6 Å². The number of carbonyl (C=O) groups excluding carboxylic acids is 1. The lowest BCUT2D eigenvalue weighted by Crippen LogP contribution is -2.28. The van der Waals surface area contributed by atoms with E-state index >= 15 is 0 Å². The Hall–Kier alpha value is -3.03. The van der Waals surface area contributed by atoms with Crippen molar-refractivity contribution in [3.63, 3.8) is 0 Å². The maximum absolute atomic E-state index is 12.5. The Kier molecular flexibility index (Phi) is 6.74. The summed E-state index contributed by atoms with van der Waals surface area (Å²) in [5.41, 5.74) is 2.03. The molecule has 0 aliphatic carbocycles. The molecule has 1 N–H and O–H groups in total. The monoisotopic (exact) mass is 452 g/mol. The highest BCUT2D eigenvalue weighted by atomic mass is 35.5. The van der Waals surface area contributed by atoms with Crippen LogP contribution in [0.5, 0.6) is 0 Å². The minimum atomic E-state index is -0.203. The van der Waals surface area contributed by atoms with E-state index in [0.717, 1.165) is 17.1 Å². The number of thioether (sulfide) groups is 1. The quantitative estimate of drug-likeness (QED) is 0.378. The number of nitrogens with zero attached hydrogens (tertiary/aromatic N) is 3. The average Bonchev–Trinajstić information content (AvgIpc) is 3.44. The molecule has 8 heteroatoms. The minimum absolute atomic E-state index is 0.107. The zero-order valence-corrected chi connectivity index (χ0v) is 18.4. The van der Waals surface area contributed by atoms with Crippen LogP contribution in [0.4, 0.5) is 0 Å². The van der Waals surface area contributed by atoms with Crippen molar-refractivity contribution < 1.29 is 9.21 Å². The second-order valence-corrected chi connectivity index (χ2v) is 8.35. The van der Waals surface area contributed by atoms with Crippen molar-refractivity contribution in [3.8, 4) is 5.69 Å². The van der Waals surface area contributed by atoms with Crippen LogP contribution >= 0.6 is 23.4 Å². The van der Waals surface area contributed by atoms with Crippen LogP contribution in [0.25, 0.3) is 5.69 Å². The maximum atomic E-state index is 12.5. The van der Waals surface area contributed by atoms with E-state index in [1.54, 1.807) is 12.3 Å². The minimum Gasteiger partial charge on any atom is -0.467 e. The van der Waals surface area contributed by atoms with Gasteiger partial charge in [-0.3, -0.25) is 9.36 Å². The second kappa shape index (κ2) is 9.85. The Morgan fingerprint density at radius 1 is 1.10 bits per heavy atom. The summed E-state index contributed by atoms with van der Waals surface area (Å²) >= 11 is 7.41. The Morgan fingerprint density at radius 2 is 1.87 bits per heavy atom. The molecule has 4 rings (SSSR count). The molecule has 1 unspecified atom stereocenters. The molecule has 0 spiro atoms. The van der Waals surface area contributed by atoms with Crippen LogP contribution < -0.4 is 5.32 Å². The zero-order valence-electron chi connectivity index (χ0n) is 16.9. The molecule has 1 atom stereocenters. The fraction of sp³-hybridized carbons (Fsp3) is 0.174. The molecule has 6 nitrogen and oxygen atoms in total. The van der Waals surface area contributed by atoms with Gasteiger partial charge in [0.1, 0.15) is 11.6 Å². The number of amides is 1. The molecule has 31 heavy (non-hydrogen) atoms. The van der Waals surface area contributed by atoms with Gasteiger partial charge in [0.2, 0.25) is 5.91 Å². The molecular formula is C23H21ClN4O2S. The summed E-state index contributed by atoms with van der Waals surface area (Å²) in [5.74, 6) is 1.61. The lowest BCUT2D eigenvalue weighted by atomic mass is 10.1. The summed E-state index contributed by atoms with van der Waals surface area (Å²) in [4.78, 5) is 12.5. The molecule has 0 saturated heterocycles. The van der Waals surface area contributed by atoms with Crippen molar-refractivity contribution >= 4 is 29.3 Å². The molecule has 0 radical (unpaired) electrons. The molecule has 158 valence electrons. The number of hydrogen-bond acceptors (Lipinski definition) is 5. The Labute approximate surface area is 189 Å². The van der Waals surface area contributed by atoms with Gasteiger partial charge in [-0.1, -0.05) is 53.7 Å². The first-order chi connectivity index (χ1) is 15.1. The highest BCUT2D eigenvalue weighted by Crippen LogP contribution is 2.25. The third-order valence-electron chi connectivity index (χ3n) is 4.67. The number of hydrogen-bond donors (Lipinski definition) is 1. The van der Waals surface area contributed by atoms with E-state index in [0.29, 0.717) is 22.4 Å². The van der Waals surface area contributed by atoms with Gasteiger partial charge in [-0.25, -0.2) is 0 Å². The number of rotatable bonds is 8. The number of furan rings is 1. The fourth-order valence-corrected chi connectivity index (χ4v) is 4.07. The maximum Gasteiger partial charge on any atom is 0.231 e. The first-order valence-corrected chi connectivity index (χ1v) is 11.2. The molecule has 0 aliphatic heterocycles. The summed E-state index contributed by atoms with van der Waals surface area (Å²) < 4.78 is 7.32. The summed E-state index contributed by atoms with van der Waals surface area (Å²) in [6, 6.07) is 21.0. The van der Waals surface area contributed by atoms with Gasteiger partial charge in [-0.05, 0) is 48.9 Å². The summed E-state index contributed by atoms with van der Waals surface area (Å²) in [7, 11) is 0. The topological polar surface area (TPSA) is 73.0 Å². The van der Waals surface area contributed by atoms with Gasteiger partial charge < -0.3 is 9.73 Å². The van der Waals surface area contributed by atoms with E-state index in [9.17, 15) is 4.79 Å². The van der Waals surface area contributed by atoms with Gasteiger partial charge in [0.25, 0.3) is 0 Å². The van der Waals surface area contributed by atoms with Gasteiger partial charge >= 0.3 is 0 Å². The van der Waals surface area contributed by atoms with Gasteiger partial charge in [0.15, 0.2) is 5.16 Å². The van der Waals surface area contributed by atoms with E-state index < -0.39 is 0 Å². The van der Waals surface area contributed by atoms with Crippen LogP contribution in [0.3, 0.4) is 0 Å². The molecule has 4 aromatic rings. The molecule has 2 heterocycles. The van der Waals surface area contributed by atoms with Gasteiger partial charge in [-0.15, -0.1) is 10.2 Å². The van der Waals surface area contributed by atoms with Crippen molar-refractivity contribution in [2.24, 2.45) is 0 Å². The Morgan fingerprint density at radius 3 is 2.58 bits per heavy atom. The fourth-order valence-electron chi connectivity index (χ4n) is 3.16. The highest BCUT2D eigenvalue weighted by molar-refractivity contribution is 7.99. The summed E-state index contributed by atoms with van der Waals surface area (Å²) in [6.07, 6.45) is 2.22. The average molecular weight is 453 g/mol. The number of benzene rings is 2. The van der Waals surface area contributed by atoms with Gasteiger partial charge in [-0.2, -0.15) is 0 Å². The highest BCUT2D eigenvalue weighted by Gasteiger charge is 2.18. The van der Waals surface area contributed by atoms with Crippen molar-refractivity contribution in [3.05, 3.63) is 95.2 Å². The Bertz CT molecular complexity index is 1130. The SMILES string of the molecule is CC(NC(=O)CSc1nnc(Cc2ccccc2)n1-c1ccc(Cl)cc1)c1ccco1. The molecule has 1 amide bonds.